The quantitative estimate of drug-likeness (QED) is 0.370. The van der Waals surface area contributed by atoms with Gasteiger partial charge in [0.2, 0.25) is 0 Å². The topological polar surface area (TPSA) is 95.2 Å². The zero-order valence-electron chi connectivity index (χ0n) is 10.6. The molecule has 108 valence electrons. The smallest absolute Gasteiger partial charge is 0.340 e. The molecule has 0 atom stereocenters. The maximum absolute atomic E-state index is 13.7. The first-order valence-electron chi connectivity index (χ1n) is 5.53. The van der Waals surface area contributed by atoms with Crippen molar-refractivity contribution in [2.75, 3.05) is 7.11 Å². The van der Waals surface area contributed by atoms with E-state index in [2.05, 4.69) is 14.7 Å². The van der Waals surface area contributed by atoms with Crippen LogP contribution < -0.4 is 0 Å². The van der Waals surface area contributed by atoms with Gasteiger partial charge in [0.15, 0.2) is 0 Å². The predicted octanol–water partition coefficient (Wildman–Crippen LogP) is 2.46. The molecule has 0 unspecified atom stereocenters. The molecule has 2 aromatic rings. The Kier molecular flexibility index (Phi) is 4.43. The molecule has 0 radical (unpaired) electrons. The van der Waals surface area contributed by atoms with Gasteiger partial charge in [0.1, 0.15) is 17.2 Å². The van der Waals surface area contributed by atoms with E-state index >= 15 is 0 Å². The van der Waals surface area contributed by atoms with Crippen molar-refractivity contribution in [1.29, 1.82) is 0 Å². The summed E-state index contributed by atoms with van der Waals surface area (Å²) in [6.45, 7) is 0. The Labute approximate surface area is 122 Å². The number of carbonyl (C=O) groups excluding carboxylic acids is 1. The first-order valence-corrected chi connectivity index (χ1v) is 6.34. The molecule has 1 heterocycles. The monoisotopic (exact) mass is 309 g/mol. The predicted molar refractivity (Wildman–Crippen MR) is 70.5 cm³/mol. The lowest BCUT2D eigenvalue weighted by molar-refractivity contribution is -0.387. The minimum atomic E-state index is -1.01. The van der Waals surface area contributed by atoms with Gasteiger partial charge >= 0.3 is 5.97 Å². The van der Waals surface area contributed by atoms with Gasteiger partial charge in [-0.25, -0.2) is 19.2 Å². The van der Waals surface area contributed by atoms with Crippen molar-refractivity contribution >= 4 is 23.4 Å². The van der Waals surface area contributed by atoms with Gasteiger partial charge in [-0.3, -0.25) is 10.1 Å². The summed E-state index contributed by atoms with van der Waals surface area (Å²) in [5.74, 6) is -1.92. The third-order valence-corrected chi connectivity index (χ3v) is 3.42. The first kappa shape index (κ1) is 14.9. The summed E-state index contributed by atoms with van der Waals surface area (Å²) >= 11 is 0.926. The standard InChI is InChI=1S/C12H8FN3O4S/c1-20-12(17)7-4-10(9(16(18)19)5-8(7)13)21-11-2-3-14-6-15-11/h2-6H,1H3. The van der Waals surface area contributed by atoms with E-state index in [4.69, 9.17) is 0 Å². The number of nitro benzene ring substituents is 1. The van der Waals surface area contributed by atoms with Crippen LogP contribution in [-0.4, -0.2) is 28.0 Å². The fourth-order valence-electron chi connectivity index (χ4n) is 1.49. The van der Waals surface area contributed by atoms with Gasteiger partial charge in [0.05, 0.1) is 28.6 Å². The lowest BCUT2D eigenvalue weighted by atomic mass is 10.2. The average molecular weight is 309 g/mol. The van der Waals surface area contributed by atoms with Gasteiger partial charge < -0.3 is 4.74 Å². The van der Waals surface area contributed by atoms with Gasteiger partial charge in [0.25, 0.3) is 5.69 Å². The molecule has 9 heteroatoms. The van der Waals surface area contributed by atoms with Gasteiger partial charge in [-0.15, -0.1) is 0 Å². The summed E-state index contributed by atoms with van der Waals surface area (Å²) in [6.07, 6.45) is 2.74. The molecule has 2 rings (SSSR count). The molecular weight excluding hydrogens is 301 g/mol. The van der Waals surface area contributed by atoms with E-state index < -0.39 is 22.4 Å². The number of halogens is 1. The number of ether oxygens (including phenoxy) is 1. The molecule has 0 aliphatic rings. The zero-order chi connectivity index (χ0) is 15.4. The third kappa shape index (κ3) is 3.31. The highest BCUT2D eigenvalue weighted by Gasteiger charge is 2.23. The molecule has 1 aromatic carbocycles. The van der Waals surface area contributed by atoms with Crippen molar-refractivity contribution in [1.82, 2.24) is 9.97 Å². The molecule has 0 aliphatic heterocycles. The minimum absolute atomic E-state index is 0.0838. The minimum Gasteiger partial charge on any atom is -0.465 e. The average Bonchev–Trinajstić information content (AvgIpc) is 2.48. The number of esters is 1. The molecule has 21 heavy (non-hydrogen) atoms. The third-order valence-electron chi connectivity index (χ3n) is 2.42. The molecule has 0 bridgehead atoms. The second-order valence-electron chi connectivity index (χ2n) is 3.70. The lowest BCUT2D eigenvalue weighted by Gasteiger charge is -2.06. The van der Waals surface area contributed by atoms with E-state index in [1.165, 1.54) is 18.6 Å². The fourth-order valence-corrected chi connectivity index (χ4v) is 2.35. The van der Waals surface area contributed by atoms with Crippen LogP contribution in [0.2, 0.25) is 0 Å². The van der Waals surface area contributed by atoms with E-state index in [-0.39, 0.29) is 10.5 Å². The van der Waals surface area contributed by atoms with Crippen LogP contribution in [0, 0.1) is 15.9 Å². The highest BCUT2D eigenvalue weighted by molar-refractivity contribution is 7.99. The fraction of sp³-hybridized carbons (Fsp3) is 0.0833. The van der Waals surface area contributed by atoms with Crippen molar-refractivity contribution in [3.05, 3.63) is 52.2 Å². The van der Waals surface area contributed by atoms with E-state index in [1.807, 2.05) is 0 Å². The number of nitro groups is 1. The lowest BCUT2D eigenvalue weighted by Crippen LogP contribution is -2.06. The van der Waals surface area contributed by atoms with E-state index in [9.17, 15) is 19.3 Å². The van der Waals surface area contributed by atoms with Gasteiger partial charge in [0, 0.05) is 6.20 Å². The van der Waals surface area contributed by atoms with Crippen LogP contribution in [0.15, 0.2) is 40.6 Å². The Bertz CT molecular complexity index is 696. The molecule has 1 aromatic heterocycles. The number of hydrogen-bond acceptors (Lipinski definition) is 7. The normalized spacial score (nSPS) is 10.2. The summed E-state index contributed by atoms with van der Waals surface area (Å²) in [7, 11) is 1.10. The van der Waals surface area contributed by atoms with Crippen LogP contribution in [0.3, 0.4) is 0 Å². The van der Waals surface area contributed by atoms with Crippen LogP contribution in [0.5, 0.6) is 0 Å². The first-order chi connectivity index (χ1) is 10.0. The Hall–Kier alpha value is -2.55. The van der Waals surface area contributed by atoms with E-state index in [1.54, 1.807) is 0 Å². The van der Waals surface area contributed by atoms with E-state index in [0.717, 1.165) is 24.9 Å². The van der Waals surface area contributed by atoms with Gasteiger partial charge in [-0.1, -0.05) is 11.8 Å². The Balaban J connectivity index is 2.51. The molecular formula is C12H8FN3O4S. The number of aromatic nitrogens is 2. The number of methoxy groups -OCH3 is 1. The van der Waals surface area contributed by atoms with Crippen LogP contribution in [0.4, 0.5) is 10.1 Å². The molecule has 0 spiro atoms. The van der Waals surface area contributed by atoms with E-state index in [0.29, 0.717) is 11.1 Å². The summed E-state index contributed by atoms with van der Waals surface area (Å²) in [4.78, 5) is 29.4. The summed E-state index contributed by atoms with van der Waals surface area (Å²) < 4.78 is 18.2. The highest BCUT2D eigenvalue weighted by atomic mass is 32.2. The SMILES string of the molecule is COC(=O)c1cc(Sc2ccncn2)c([N+](=O)[O-])cc1F. The van der Waals surface area contributed by atoms with Gasteiger partial charge in [-0.05, 0) is 12.1 Å². The summed E-state index contributed by atoms with van der Waals surface area (Å²) in [5.41, 5.74) is -0.830. The molecule has 0 amide bonds. The van der Waals surface area contributed by atoms with Crippen molar-refractivity contribution in [3.63, 3.8) is 0 Å². The maximum atomic E-state index is 13.7. The number of benzene rings is 1. The van der Waals surface area contributed by atoms with Crippen molar-refractivity contribution < 1.29 is 18.8 Å². The maximum Gasteiger partial charge on any atom is 0.340 e. The number of carbonyl (C=O) groups is 1. The molecule has 0 saturated carbocycles. The summed E-state index contributed by atoms with van der Waals surface area (Å²) in [6, 6.07) is 3.30. The van der Waals surface area contributed by atoms with Crippen LogP contribution in [-0.2, 0) is 4.74 Å². The molecule has 0 aliphatic carbocycles. The molecule has 0 fully saturated rings. The van der Waals surface area contributed by atoms with Gasteiger partial charge in [-0.2, -0.15) is 0 Å². The zero-order valence-corrected chi connectivity index (χ0v) is 11.5. The largest absolute Gasteiger partial charge is 0.465 e. The second kappa shape index (κ2) is 6.27. The number of hydrogen-bond donors (Lipinski definition) is 0. The van der Waals surface area contributed by atoms with Crippen LogP contribution in [0.25, 0.3) is 0 Å². The number of nitrogens with zero attached hydrogens (tertiary/aromatic N) is 3. The van der Waals surface area contributed by atoms with Crippen molar-refractivity contribution in [2.45, 2.75) is 9.92 Å². The Morgan fingerprint density at radius 2 is 2.24 bits per heavy atom. The number of rotatable bonds is 4. The summed E-state index contributed by atoms with van der Waals surface area (Å²) in [5, 5.41) is 11.4. The second-order valence-corrected chi connectivity index (χ2v) is 4.76. The molecule has 0 saturated heterocycles. The Morgan fingerprint density at radius 3 is 2.81 bits per heavy atom. The van der Waals surface area contributed by atoms with Crippen molar-refractivity contribution in [3.8, 4) is 0 Å². The Morgan fingerprint density at radius 1 is 1.48 bits per heavy atom. The van der Waals surface area contributed by atoms with Crippen LogP contribution >= 0.6 is 11.8 Å². The molecule has 0 N–H and O–H groups in total. The highest BCUT2D eigenvalue weighted by Crippen LogP contribution is 2.35. The van der Waals surface area contributed by atoms with Crippen LogP contribution in [0.1, 0.15) is 10.4 Å². The molecule has 7 nitrogen and oxygen atoms in total. The van der Waals surface area contributed by atoms with Crippen molar-refractivity contribution in [2.24, 2.45) is 0 Å².